The van der Waals surface area contributed by atoms with Crippen LogP contribution in [-0.2, 0) is 31.8 Å². The Morgan fingerprint density at radius 1 is 0.787 bits per heavy atom. The minimum Gasteiger partial charge on any atom is -0.494 e. The van der Waals surface area contributed by atoms with Crippen LogP contribution >= 0.6 is 0 Å². The summed E-state index contributed by atoms with van der Waals surface area (Å²) in [5, 5.41) is 0. The highest BCUT2D eigenvalue weighted by atomic mass is 32.2. The Balaban J connectivity index is 0.932. The van der Waals surface area contributed by atoms with Gasteiger partial charge < -0.3 is 23.7 Å². The molecule has 4 aliphatic heterocycles. The number of piperidine rings is 2. The van der Waals surface area contributed by atoms with Gasteiger partial charge in [-0.15, -0.1) is 0 Å². The second-order valence-corrected chi connectivity index (χ2v) is 15.1. The Hall–Kier alpha value is -3.15. The van der Waals surface area contributed by atoms with Crippen LogP contribution in [0, 0.1) is 11.8 Å². The molecule has 0 amide bonds. The van der Waals surface area contributed by atoms with Crippen LogP contribution in [0.1, 0.15) is 56.6 Å². The first-order chi connectivity index (χ1) is 22.9. The largest absolute Gasteiger partial charge is 0.494 e. The van der Waals surface area contributed by atoms with Crippen molar-refractivity contribution >= 4 is 9.84 Å². The van der Waals surface area contributed by atoms with Crippen molar-refractivity contribution in [3.63, 3.8) is 0 Å². The van der Waals surface area contributed by atoms with Crippen LogP contribution in [0.4, 0.5) is 0 Å². The Morgan fingerprint density at radius 2 is 1.43 bits per heavy atom. The molecule has 3 saturated heterocycles. The smallest absolute Gasteiger partial charge is 0.258 e. The molecule has 3 aromatic rings. The number of ether oxygens (including phenoxy) is 5. The predicted octanol–water partition coefficient (Wildman–Crippen LogP) is 6.21. The minimum atomic E-state index is -3.73. The number of hydrogen-bond donors (Lipinski definition) is 0. The number of unbranched alkanes of at least 4 members (excludes halogenated alkanes) is 1. The number of likely N-dealkylation sites (tertiary alicyclic amines) is 2. The van der Waals surface area contributed by atoms with Crippen molar-refractivity contribution in [3.05, 3.63) is 77.9 Å². The fourth-order valence-electron chi connectivity index (χ4n) is 7.49. The molecule has 10 heteroatoms. The number of sulfone groups is 1. The SMILES string of the molecule is CCCCOc1ccc(CN2CCC(C3CCN(C4(c5ccc(S(=O)(=O)c6ccc7c(c6)OCO7)cc5)OCCO4)CC3)CC2)cc1. The molecule has 4 heterocycles. The highest BCUT2D eigenvalue weighted by molar-refractivity contribution is 7.91. The topological polar surface area (TPSA) is 86.8 Å². The molecule has 3 aromatic carbocycles. The third kappa shape index (κ3) is 6.89. The van der Waals surface area contributed by atoms with Gasteiger partial charge in [-0.2, -0.15) is 0 Å². The second-order valence-electron chi connectivity index (χ2n) is 13.1. The normalized spacial score (nSPS) is 20.9. The highest BCUT2D eigenvalue weighted by Gasteiger charge is 2.46. The standard InChI is InChI=1S/C37H46N2O7S/c1-2-3-22-42-32-8-4-28(5-9-32)26-38-18-14-29(15-19-38)30-16-20-39(21-17-30)37(45-23-24-46-37)31-6-10-33(11-7-31)47(40,41)34-12-13-35-36(25-34)44-27-43-35/h4-13,25,29-30H,2-3,14-24,26-27H2,1H3. The monoisotopic (exact) mass is 662 g/mol. The van der Waals surface area contributed by atoms with Crippen molar-refractivity contribution in [2.75, 3.05) is 52.8 Å². The molecule has 47 heavy (non-hydrogen) atoms. The third-order valence-electron chi connectivity index (χ3n) is 10.2. The van der Waals surface area contributed by atoms with Crippen LogP contribution in [0.25, 0.3) is 0 Å². The summed E-state index contributed by atoms with van der Waals surface area (Å²) in [4.78, 5) is 5.28. The molecule has 3 fully saturated rings. The molecule has 0 aromatic heterocycles. The van der Waals surface area contributed by atoms with Gasteiger partial charge in [0.15, 0.2) is 11.5 Å². The molecular weight excluding hydrogens is 616 g/mol. The summed E-state index contributed by atoms with van der Waals surface area (Å²) < 4.78 is 56.0. The zero-order valence-electron chi connectivity index (χ0n) is 27.3. The maximum atomic E-state index is 13.4. The number of rotatable bonds is 11. The first-order valence-corrected chi connectivity index (χ1v) is 18.7. The molecule has 0 radical (unpaired) electrons. The van der Waals surface area contributed by atoms with Crippen molar-refractivity contribution in [2.45, 2.75) is 67.7 Å². The summed E-state index contributed by atoms with van der Waals surface area (Å²) in [5.41, 5.74) is 2.17. The fourth-order valence-corrected chi connectivity index (χ4v) is 8.77. The zero-order valence-corrected chi connectivity index (χ0v) is 28.1. The molecule has 0 bridgehead atoms. The molecule has 0 N–H and O–H groups in total. The van der Waals surface area contributed by atoms with E-state index in [4.69, 9.17) is 23.7 Å². The van der Waals surface area contributed by atoms with Crippen molar-refractivity contribution in [3.8, 4) is 17.2 Å². The van der Waals surface area contributed by atoms with Gasteiger partial charge >= 0.3 is 0 Å². The quantitative estimate of drug-likeness (QED) is 0.223. The predicted molar refractivity (Wildman–Crippen MR) is 177 cm³/mol. The summed E-state index contributed by atoms with van der Waals surface area (Å²) in [6.45, 7) is 9.10. The van der Waals surface area contributed by atoms with E-state index in [1.807, 2.05) is 12.1 Å². The van der Waals surface area contributed by atoms with E-state index in [0.29, 0.717) is 30.6 Å². The number of fused-ring (bicyclic) bond motifs is 1. The fraction of sp³-hybridized carbons (Fsp3) is 0.514. The minimum absolute atomic E-state index is 0.0949. The molecule has 9 nitrogen and oxygen atoms in total. The lowest BCUT2D eigenvalue weighted by Crippen LogP contribution is -2.51. The van der Waals surface area contributed by atoms with E-state index < -0.39 is 15.7 Å². The first-order valence-electron chi connectivity index (χ1n) is 17.2. The van der Waals surface area contributed by atoms with E-state index in [1.54, 1.807) is 24.3 Å². The van der Waals surface area contributed by atoms with Crippen LogP contribution in [0.3, 0.4) is 0 Å². The van der Waals surface area contributed by atoms with Gasteiger partial charge in [0, 0.05) is 31.3 Å². The summed E-state index contributed by atoms with van der Waals surface area (Å²) in [6.07, 6.45) is 6.92. The van der Waals surface area contributed by atoms with Gasteiger partial charge in [0.2, 0.25) is 16.6 Å². The van der Waals surface area contributed by atoms with E-state index in [9.17, 15) is 8.42 Å². The Bertz CT molecular complexity index is 1590. The highest BCUT2D eigenvalue weighted by Crippen LogP contribution is 2.42. The summed E-state index contributed by atoms with van der Waals surface area (Å²) in [6, 6.07) is 20.3. The summed E-state index contributed by atoms with van der Waals surface area (Å²) in [7, 11) is -3.73. The van der Waals surface area contributed by atoms with Crippen molar-refractivity contribution in [1.29, 1.82) is 0 Å². The van der Waals surface area contributed by atoms with E-state index >= 15 is 0 Å². The average Bonchev–Trinajstić information content (AvgIpc) is 3.81. The molecule has 4 aliphatic rings. The third-order valence-corrected chi connectivity index (χ3v) is 12.0. The van der Waals surface area contributed by atoms with Gasteiger partial charge in [-0.25, -0.2) is 13.3 Å². The Kier molecular flexibility index (Phi) is 9.75. The van der Waals surface area contributed by atoms with E-state index in [0.717, 1.165) is 82.2 Å². The molecule has 0 aliphatic carbocycles. The Morgan fingerprint density at radius 3 is 2.11 bits per heavy atom. The zero-order chi connectivity index (χ0) is 32.3. The maximum Gasteiger partial charge on any atom is 0.258 e. The molecule has 252 valence electrons. The second kappa shape index (κ2) is 14.1. The van der Waals surface area contributed by atoms with Gasteiger partial charge in [0.05, 0.1) is 29.6 Å². The lowest BCUT2D eigenvalue weighted by molar-refractivity contribution is -0.275. The van der Waals surface area contributed by atoms with Crippen LogP contribution < -0.4 is 14.2 Å². The van der Waals surface area contributed by atoms with E-state index in [-0.39, 0.29) is 16.6 Å². The maximum absolute atomic E-state index is 13.4. The van der Waals surface area contributed by atoms with Crippen LogP contribution in [0.5, 0.6) is 17.2 Å². The van der Waals surface area contributed by atoms with E-state index in [1.165, 1.54) is 24.5 Å². The number of nitrogens with zero attached hydrogens (tertiary/aromatic N) is 2. The molecule has 7 rings (SSSR count). The van der Waals surface area contributed by atoms with Gasteiger partial charge in [0.1, 0.15) is 5.75 Å². The first kappa shape index (κ1) is 32.4. The molecule has 0 saturated carbocycles. The Labute approximate surface area is 278 Å². The van der Waals surface area contributed by atoms with Crippen molar-refractivity contribution in [2.24, 2.45) is 11.8 Å². The van der Waals surface area contributed by atoms with Crippen LogP contribution in [0.2, 0.25) is 0 Å². The van der Waals surface area contributed by atoms with Gasteiger partial charge in [0.25, 0.3) is 5.91 Å². The van der Waals surface area contributed by atoms with Gasteiger partial charge in [-0.3, -0.25) is 4.90 Å². The molecule has 0 unspecified atom stereocenters. The molecular formula is C37H46N2O7S. The van der Waals surface area contributed by atoms with Gasteiger partial charge in [-0.1, -0.05) is 37.6 Å². The van der Waals surface area contributed by atoms with Crippen LogP contribution in [-0.4, -0.2) is 71.0 Å². The van der Waals surface area contributed by atoms with Gasteiger partial charge in [-0.05, 0) is 99.0 Å². The molecule has 0 atom stereocenters. The number of benzene rings is 3. The lowest BCUT2D eigenvalue weighted by atomic mass is 9.78. The van der Waals surface area contributed by atoms with E-state index in [2.05, 4.69) is 41.0 Å². The summed E-state index contributed by atoms with van der Waals surface area (Å²) >= 11 is 0. The molecule has 0 spiro atoms. The van der Waals surface area contributed by atoms with Crippen LogP contribution in [0.15, 0.2) is 76.5 Å². The average molecular weight is 663 g/mol. The van der Waals surface area contributed by atoms with Crippen molar-refractivity contribution < 1.29 is 32.1 Å². The lowest BCUT2D eigenvalue weighted by Gasteiger charge is -2.45. The summed E-state index contributed by atoms with van der Waals surface area (Å²) in [5.74, 6) is 2.41. The number of hydrogen-bond acceptors (Lipinski definition) is 9. The van der Waals surface area contributed by atoms with Crippen molar-refractivity contribution in [1.82, 2.24) is 9.80 Å².